The maximum atomic E-state index is 5.12. The summed E-state index contributed by atoms with van der Waals surface area (Å²) in [6.45, 7) is 3.62. The van der Waals surface area contributed by atoms with Crippen LogP contribution in [-0.2, 0) is 11.3 Å². The van der Waals surface area contributed by atoms with Crippen LogP contribution in [-0.4, -0.2) is 40.8 Å². The summed E-state index contributed by atoms with van der Waals surface area (Å²) >= 11 is 2.03. The molecule has 2 heterocycles. The Bertz CT molecular complexity index is 348. The highest BCUT2D eigenvalue weighted by atomic mass is 32.2. The first-order valence-corrected chi connectivity index (χ1v) is 7.32. The number of nitrogens with one attached hydrogen (secondary N) is 1. The van der Waals surface area contributed by atoms with Crippen LogP contribution in [0.4, 0.5) is 5.95 Å². The number of thioether (sulfide) groups is 1. The Morgan fingerprint density at radius 1 is 1.65 bits per heavy atom. The number of hydrogen-bond donors (Lipinski definition) is 1. The highest BCUT2D eigenvalue weighted by Gasteiger charge is 2.16. The molecule has 0 bridgehead atoms. The van der Waals surface area contributed by atoms with Crippen LogP contribution in [0.25, 0.3) is 0 Å². The number of aryl methyl sites for hydroxylation is 1. The zero-order valence-corrected chi connectivity index (χ0v) is 11.4. The normalized spacial score (nSPS) is 20.5. The van der Waals surface area contributed by atoms with E-state index >= 15 is 0 Å². The quantitative estimate of drug-likeness (QED) is 0.875. The molecule has 96 valence electrons. The van der Waals surface area contributed by atoms with Gasteiger partial charge in [0.05, 0.1) is 12.3 Å². The molecule has 2 rings (SSSR count). The van der Waals surface area contributed by atoms with Crippen LogP contribution >= 0.6 is 11.8 Å². The minimum Gasteiger partial charge on any atom is -0.383 e. The van der Waals surface area contributed by atoms with Crippen LogP contribution < -0.4 is 5.32 Å². The maximum absolute atomic E-state index is 5.12. The van der Waals surface area contributed by atoms with Crippen molar-refractivity contribution in [3.05, 3.63) is 11.9 Å². The van der Waals surface area contributed by atoms with Crippen molar-refractivity contribution in [2.45, 2.75) is 32.4 Å². The Kier molecular flexibility index (Phi) is 4.74. The van der Waals surface area contributed by atoms with E-state index in [1.165, 1.54) is 24.3 Å². The summed E-state index contributed by atoms with van der Waals surface area (Å²) in [5.41, 5.74) is 1.06. The largest absolute Gasteiger partial charge is 0.383 e. The average Bonchev–Trinajstić information content (AvgIpc) is 2.68. The van der Waals surface area contributed by atoms with Crippen LogP contribution in [0.2, 0.25) is 0 Å². The fourth-order valence-corrected chi connectivity index (χ4v) is 3.13. The third-order valence-electron chi connectivity index (χ3n) is 2.93. The molecule has 0 aliphatic carbocycles. The molecule has 1 aromatic heterocycles. The Labute approximate surface area is 107 Å². The molecular formula is C12H21N3OS. The van der Waals surface area contributed by atoms with Crippen molar-refractivity contribution in [2.75, 3.05) is 30.5 Å². The topological polar surface area (TPSA) is 39.1 Å². The van der Waals surface area contributed by atoms with Crippen molar-refractivity contribution in [3.63, 3.8) is 0 Å². The Morgan fingerprint density at radius 3 is 3.24 bits per heavy atom. The SMILES string of the molecule is COCCn1cc(C)nc1NC1CCCSC1. The predicted molar refractivity (Wildman–Crippen MR) is 72.8 cm³/mol. The molecule has 17 heavy (non-hydrogen) atoms. The van der Waals surface area contributed by atoms with Gasteiger partial charge in [-0.05, 0) is 25.5 Å². The van der Waals surface area contributed by atoms with E-state index in [2.05, 4.69) is 21.1 Å². The molecule has 1 unspecified atom stereocenters. The van der Waals surface area contributed by atoms with Gasteiger partial charge in [-0.15, -0.1) is 0 Å². The molecule has 0 amide bonds. The van der Waals surface area contributed by atoms with E-state index in [9.17, 15) is 0 Å². The van der Waals surface area contributed by atoms with E-state index in [1.807, 2.05) is 18.7 Å². The molecule has 0 aromatic carbocycles. The van der Waals surface area contributed by atoms with E-state index in [4.69, 9.17) is 4.74 Å². The second-order valence-corrected chi connectivity index (χ2v) is 5.60. The fraction of sp³-hybridized carbons (Fsp3) is 0.750. The third-order valence-corrected chi connectivity index (χ3v) is 4.14. The molecule has 0 spiro atoms. The van der Waals surface area contributed by atoms with Crippen LogP contribution in [0, 0.1) is 6.92 Å². The lowest BCUT2D eigenvalue weighted by atomic mass is 10.2. The van der Waals surface area contributed by atoms with Crippen LogP contribution in [0.15, 0.2) is 6.20 Å². The van der Waals surface area contributed by atoms with Gasteiger partial charge in [-0.25, -0.2) is 4.98 Å². The van der Waals surface area contributed by atoms with Crippen molar-refractivity contribution in [2.24, 2.45) is 0 Å². The molecule has 0 radical (unpaired) electrons. The van der Waals surface area contributed by atoms with Crippen molar-refractivity contribution < 1.29 is 4.74 Å². The minimum atomic E-state index is 0.567. The van der Waals surface area contributed by atoms with Crippen molar-refractivity contribution in [1.29, 1.82) is 0 Å². The van der Waals surface area contributed by atoms with Gasteiger partial charge in [-0.1, -0.05) is 0 Å². The summed E-state index contributed by atoms with van der Waals surface area (Å²) in [7, 11) is 1.73. The van der Waals surface area contributed by atoms with Gasteiger partial charge in [0.2, 0.25) is 5.95 Å². The molecule has 1 aliphatic rings. The van der Waals surface area contributed by atoms with Crippen molar-refractivity contribution in [3.8, 4) is 0 Å². The van der Waals surface area contributed by atoms with E-state index in [0.717, 1.165) is 24.8 Å². The van der Waals surface area contributed by atoms with Gasteiger partial charge >= 0.3 is 0 Å². The molecule has 4 nitrogen and oxygen atoms in total. The van der Waals surface area contributed by atoms with Gasteiger partial charge in [0.15, 0.2) is 0 Å². The Hall–Kier alpha value is -0.680. The molecule has 1 fully saturated rings. The van der Waals surface area contributed by atoms with Crippen molar-refractivity contribution >= 4 is 17.7 Å². The van der Waals surface area contributed by atoms with Gasteiger partial charge in [-0.2, -0.15) is 11.8 Å². The molecule has 1 N–H and O–H groups in total. The van der Waals surface area contributed by atoms with Crippen molar-refractivity contribution in [1.82, 2.24) is 9.55 Å². The van der Waals surface area contributed by atoms with Gasteiger partial charge in [0, 0.05) is 31.6 Å². The number of nitrogens with zero attached hydrogens (tertiary/aromatic N) is 2. The average molecular weight is 255 g/mol. The molecule has 5 heteroatoms. The number of aromatic nitrogens is 2. The standard InChI is InChI=1S/C12H21N3OS/c1-10-8-15(5-6-16-2)12(13-10)14-11-4-3-7-17-9-11/h8,11H,3-7,9H2,1-2H3,(H,13,14). The molecule has 1 atom stereocenters. The number of methoxy groups -OCH3 is 1. The number of rotatable bonds is 5. The highest BCUT2D eigenvalue weighted by Crippen LogP contribution is 2.20. The lowest BCUT2D eigenvalue weighted by Gasteiger charge is -2.23. The monoisotopic (exact) mass is 255 g/mol. The number of anilines is 1. The van der Waals surface area contributed by atoms with E-state index in [1.54, 1.807) is 7.11 Å². The molecule has 1 aromatic rings. The molecule has 1 aliphatic heterocycles. The van der Waals surface area contributed by atoms with E-state index < -0.39 is 0 Å². The van der Waals surface area contributed by atoms with E-state index in [0.29, 0.717) is 6.04 Å². The molecule has 1 saturated heterocycles. The van der Waals surface area contributed by atoms with E-state index in [-0.39, 0.29) is 0 Å². The lowest BCUT2D eigenvalue weighted by molar-refractivity contribution is 0.187. The first-order chi connectivity index (χ1) is 8.29. The first kappa shape index (κ1) is 12.8. The number of hydrogen-bond acceptors (Lipinski definition) is 4. The van der Waals surface area contributed by atoms with Gasteiger partial charge in [0.25, 0.3) is 0 Å². The summed E-state index contributed by atoms with van der Waals surface area (Å²) in [4.78, 5) is 4.54. The molecule has 0 saturated carbocycles. The number of ether oxygens (including phenoxy) is 1. The summed E-state index contributed by atoms with van der Waals surface area (Å²) < 4.78 is 7.27. The second kappa shape index (κ2) is 6.31. The smallest absolute Gasteiger partial charge is 0.203 e. The van der Waals surface area contributed by atoms with Gasteiger partial charge < -0.3 is 14.6 Å². The number of imidazole rings is 1. The summed E-state index contributed by atoms with van der Waals surface area (Å²) in [5.74, 6) is 3.48. The Morgan fingerprint density at radius 2 is 2.53 bits per heavy atom. The summed E-state index contributed by atoms with van der Waals surface area (Å²) in [6, 6.07) is 0.567. The van der Waals surface area contributed by atoms with Crippen LogP contribution in [0.3, 0.4) is 0 Å². The second-order valence-electron chi connectivity index (χ2n) is 4.45. The highest BCUT2D eigenvalue weighted by molar-refractivity contribution is 7.99. The zero-order valence-electron chi connectivity index (χ0n) is 10.6. The predicted octanol–water partition coefficient (Wildman–Crippen LogP) is 2.15. The van der Waals surface area contributed by atoms with Gasteiger partial charge in [-0.3, -0.25) is 0 Å². The summed E-state index contributed by atoms with van der Waals surface area (Å²) in [5, 5.41) is 3.55. The minimum absolute atomic E-state index is 0.567. The fourth-order valence-electron chi connectivity index (χ4n) is 2.06. The lowest BCUT2D eigenvalue weighted by Crippen LogP contribution is -2.27. The third kappa shape index (κ3) is 3.64. The molecular weight excluding hydrogens is 234 g/mol. The summed E-state index contributed by atoms with van der Waals surface area (Å²) in [6.07, 6.45) is 4.64. The Balaban J connectivity index is 1.97. The zero-order chi connectivity index (χ0) is 12.1. The maximum Gasteiger partial charge on any atom is 0.203 e. The van der Waals surface area contributed by atoms with Gasteiger partial charge in [0.1, 0.15) is 0 Å². The van der Waals surface area contributed by atoms with Crippen LogP contribution in [0.5, 0.6) is 0 Å². The first-order valence-electron chi connectivity index (χ1n) is 6.16. The van der Waals surface area contributed by atoms with Crippen LogP contribution in [0.1, 0.15) is 18.5 Å².